The lowest BCUT2D eigenvalue weighted by molar-refractivity contribution is -0.153. The van der Waals surface area contributed by atoms with Gasteiger partial charge in [-0.15, -0.1) is 0 Å². The monoisotopic (exact) mass is 302 g/mol. The summed E-state index contributed by atoms with van der Waals surface area (Å²) in [7, 11) is 0. The molecule has 3 nitrogen and oxygen atoms in total. The van der Waals surface area contributed by atoms with Crippen LogP contribution in [0.4, 0.5) is 19.0 Å². The van der Waals surface area contributed by atoms with Crippen LogP contribution in [0, 0.1) is 0 Å². The minimum Gasteiger partial charge on any atom is -0.484 e. The van der Waals surface area contributed by atoms with Crippen LogP contribution in [-0.4, -0.2) is 17.8 Å². The van der Waals surface area contributed by atoms with Gasteiger partial charge in [0.2, 0.25) is 0 Å². The number of nitrogens with zero attached hydrogens (tertiary/aromatic N) is 1. The largest absolute Gasteiger partial charge is 0.484 e. The predicted molar refractivity (Wildman–Crippen MR) is 70.6 cm³/mol. The van der Waals surface area contributed by atoms with E-state index in [-0.39, 0.29) is 16.7 Å². The molecule has 2 aromatic rings. The van der Waals surface area contributed by atoms with Gasteiger partial charge in [0.15, 0.2) is 6.61 Å². The summed E-state index contributed by atoms with van der Waals surface area (Å²) in [4.78, 5) is 3.89. The molecule has 1 aromatic heterocycles. The van der Waals surface area contributed by atoms with Crippen LogP contribution in [0.2, 0.25) is 5.15 Å². The first-order valence-electron chi connectivity index (χ1n) is 5.57. The van der Waals surface area contributed by atoms with Gasteiger partial charge in [0.25, 0.3) is 0 Å². The second kappa shape index (κ2) is 5.58. The van der Waals surface area contributed by atoms with Crippen molar-refractivity contribution in [2.45, 2.75) is 6.18 Å². The fraction of sp³-hybridized carbons (Fsp3) is 0.154. The first kappa shape index (κ1) is 14.5. The van der Waals surface area contributed by atoms with Crippen LogP contribution in [0.5, 0.6) is 5.75 Å². The summed E-state index contributed by atoms with van der Waals surface area (Å²) >= 11 is 5.95. The zero-order valence-electron chi connectivity index (χ0n) is 10.1. The van der Waals surface area contributed by atoms with Crippen LogP contribution in [0.3, 0.4) is 0 Å². The molecule has 0 atom stereocenters. The Kier molecular flexibility index (Phi) is 4.04. The smallest absolute Gasteiger partial charge is 0.422 e. The fourth-order valence-corrected chi connectivity index (χ4v) is 1.85. The van der Waals surface area contributed by atoms with Crippen LogP contribution in [0.15, 0.2) is 36.4 Å². The Morgan fingerprint density at radius 1 is 1.20 bits per heavy atom. The molecule has 0 spiro atoms. The molecule has 0 saturated heterocycles. The summed E-state index contributed by atoms with van der Waals surface area (Å²) in [5, 5.41) is 0.179. The van der Waals surface area contributed by atoms with Gasteiger partial charge in [0.05, 0.1) is 0 Å². The lowest BCUT2D eigenvalue weighted by atomic mass is 10.1. The van der Waals surface area contributed by atoms with Crippen molar-refractivity contribution in [3.8, 4) is 16.9 Å². The van der Waals surface area contributed by atoms with E-state index in [1.54, 1.807) is 24.3 Å². The Morgan fingerprint density at radius 2 is 1.95 bits per heavy atom. The maximum Gasteiger partial charge on any atom is 0.422 e. The number of alkyl halides is 3. The highest BCUT2D eigenvalue weighted by molar-refractivity contribution is 6.32. The molecular weight excluding hydrogens is 293 g/mol. The molecule has 1 heterocycles. The van der Waals surface area contributed by atoms with Gasteiger partial charge in [-0.05, 0) is 29.8 Å². The predicted octanol–water partition coefficient (Wildman–Crippen LogP) is 3.93. The highest BCUT2D eigenvalue weighted by Crippen LogP contribution is 2.30. The number of nitrogen functional groups attached to an aromatic ring is 1. The second-order valence-electron chi connectivity index (χ2n) is 4.01. The van der Waals surface area contributed by atoms with Crippen LogP contribution < -0.4 is 10.5 Å². The van der Waals surface area contributed by atoms with E-state index in [1.807, 2.05) is 0 Å². The third kappa shape index (κ3) is 3.77. The molecule has 7 heteroatoms. The molecule has 0 bridgehead atoms. The van der Waals surface area contributed by atoms with Gasteiger partial charge < -0.3 is 10.5 Å². The van der Waals surface area contributed by atoms with Crippen molar-refractivity contribution < 1.29 is 17.9 Å². The molecule has 0 radical (unpaired) electrons. The molecule has 106 valence electrons. The first-order valence-corrected chi connectivity index (χ1v) is 5.95. The highest BCUT2D eigenvalue weighted by atomic mass is 35.5. The number of anilines is 1. The van der Waals surface area contributed by atoms with Crippen molar-refractivity contribution in [2.75, 3.05) is 12.3 Å². The maximum atomic E-state index is 12.1. The Labute approximate surface area is 118 Å². The molecule has 0 unspecified atom stereocenters. The van der Waals surface area contributed by atoms with E-state index >= 15 is 0 Å². The average Bonchev–Trinajstić information content (AvgIpc) is 2.36. The van der Waals surface area contributed by atoms with Crippen LogP contribution >= 0.6 is 11.6 Å². The van der Waals surface area contributed by atoms with Crippen LogP contribution in [-0.2, 0) is 0 Å². The van der Waals surface area contributed by atoms with Gasteiger partial charge in [-0.25, -0.2) is 4.98 Å². The molecule has 0 saturated carbocycles. The minimum absolute atomic E-state index is 0.104. The summed E-state index contributed by atoms with van der Waals surface area (Å²) in [6.45, 7) is -1.34. The van der Waals surface area contributed by atoms with E-state index in [4.69, 9.17) is 17.3 Å². The molecule has 2 rings (SSSR count). The molecule has 0 aliphatic carbocycles. The van der Waals surface area contributed by atoms with Gasteiger partial charge in [-0.2, -0.15) is 13.2 Å². The highest BCUT2D eigenvalue weighted by Gasteiger charge is 2.28. The number of ether oxygens (including phenoxy) is 1. The van der Waals surface area contributed by atoms with Gasteiger partial charge in [0.1, 0.15) is 16.7 Å². The SMILES string of the molecule is Nc1ccc(-c2cccc(OCC(F)(F)F)c2)c(Cl)n1. The number of hydrogen-bond donors (Lipinski definition) is 1. The summed E-state index contributed by atoms with van der Waals surface area (Å²) < 4.78 is 41.0. The zero-order valence-corrected chi connectivity index (χ0v) is 10.9. The van der Waals surface area contributed by atoms with Gasteiger partial charge >= 0.3 is 6.18 Å². The summed E-state index contributed by atoms with van der Waals surface area (Å²) in [5.41, 5.74) is 6.65. The maximum absolute atomic E-state index is 12.1. The third-order valence-corrected chi connectivity index (χ3v) is 2.71. The number of halogens is 4. The molecule has 0 aliphatic rings. The Balaban J connectivity index is 2.25. The molecule has 0 aliphatic heterocycles. The normalized spacial score (nSPS) is 11.4. The van der Waals surface area contributed by atoms with Crippen molar-refractivity contribution >= 4 is 17.4 Å². The molecule has 2 N–H and O–H groups in total. The number of nitrogens with two attached hydrogens (primary N) is 1. The van der Waals surface area contributed by atoms with Crippen molar-refractivity contribution in [1.29, 1.82) is 0 Å². The number of aromatic nitrogens is 1. The molecule has 20 heavy (non-hydrogen) atoms. The van der Waals surface area contributed by atoms with E-state index in [0.29, 0.717) is 11.1 Å². The van der Waals surface area contributed by atoms with E-state index in [0.717, 1.165) is 0 Å². The van der Waals surface area contributed by atoms with Crippen molar-refractivity contribution in [3.63, 3.8) is 0 Å². The molecule has 0 amide bonds. The Bertz CT molecular complexity index is 617. The number of hydrogen-bond acceptors (Lipinski definition) is 3. The number of rotatable bonds is 3. The molecular formula is C13H10ClF3N2O. The quantitative estimate of drug-likeness (QED) is 0.874. The van der Waals surface area contributed by atoms with E-state index in [1.165, 1.54) is 12.1 Å². The summed E-state index contributed by atoms with van der Waals surface area (Å²) in [6, 6.07) is 9.38. The standard InChI is InChI=1S/C13H10ClF3N2O/c14-12-10(4-5-11(18)19-12)8-2-1-3-9(6-8)20-7-13(15,16)17/h1-6H,7H2,(H2,18,19). The zero-order chi connectivity index (χ0) is 14.8. The topological polar surface area (TPSA) is 48.1 Å². The van der Waals surface area contributed by atoms with E-state index in [9.17, 15) is 13.2 Å². The average molecular weight is 303 g/mol. The lowest BCUT2D eigenvalue weighted by Gasteiger charge is -2.11. The Morgan fingerprint density at radius 3 is 2.60 bits per heavy atom. The van der Waals surface area contributed by atoms with Crippen molar-refractivity contribution in [1.82, 2.24) is 4.98 Å². The lowest BCUT2D eigenvalue weighted by Crippen LogP contribution is -2.19. The third-order valence-electron chi connectivity index (χ3n) is 2.42. The van der Waals surface area contributed by atoms with Crippen molar-refractivity contribution in [2.24, 2.45) is 0 Å². The fourth-order valence-electron chi connectivity index (χ4n) is 1.58. The van der Waals surface area contributed by atoms with Crippen LogP contribution in [0.1, 0.15) is 0 Å². The van der Waals surface area contributed by atoms with Gasteiger partial charge in [0, 0.05) is 5.56 Å². The van der Waals surface area contributed by atoms with E-state index in [2.05, 4.69) is 9.72 Å². The van der Waals surface area contributed by atoms with E-state index < -0.39 is 12.8 Å². The summed E-state index contributed by atoms with van der Waals surface area (Å²) in [5.74, 6) is 0.371. The molecule has 0 fully saturated rings. The first-order chi connectivity index (χ1) is 9.35. The minimum atomic E-state index is -4.38. The molecule has 1 aromatic carbocycles. The van der Waals surface area contributed by atoms with Crippen LogP contribution in [0.25, 0.3) is 11.1 Å². The second-order valence-corrected chi connectivity index (χ2v) is 4.36. The Hall–Kier alpha value is -1.95. The number of pyridine rings is 1. The van der Waals surface area contributed by atoms with Gasteiger partial charge in [-0.1, -0.05) is 23.7 Å². The number of benzene rings is 1. The van der Waals surface area contributed by atoms with Crippen molar-refractivity contribution in [3.05, 3.63) is 41.6 Å². The van der Waals surface area contributed by atoms with Gasteiger partial charge in [-0.3, -0.25) is 0 Å². The summed E-state index contributed by atoms with van der Waals surface area (Å²) in [6.07, 6.45) is -4.38.